The highest BCUT2D eigenvalue weighted by molar-refractivity contribution is 5.69. The van der Waals surface area contributed by atoms with Crippen LogP contribution in [-0.2, 0) is 16.0 Å². The number of methoxy groups -OCH3 is 2. The zero-order valence-corrected chi connectivity index (χ0v) is 22.4. The largest absolute Gasteiger partial charge is 0.493 e. The van der Waals surface area contributed by atoms with Crippen LogP contribution < -0.4 is 9.47 Å². The molecule has 2 saturated heterocycles. The highest BCUT2D eigenvalue weighted by Gasteiger charge is 2.40. The Kier molecular flexibility index (Phi) is 8.95. The second-order valence-corrected chi connectivity index (χ2v) is 11.1. The van der Waals surface area contributed by atoms with E-state index in [-0.39, 0.29) is 5.97 Å². The number of piperazine rings is 1. The van der Waals surface area contributed by atoms with Crippen molar-refractivity contribution < 1.29 is 19.0 Å². The maximum Gasteiger partial charge on any atom is 0.307 e. The molecular weight excluding hydrogens is 442 g/mol. The van der Waals surface area contributed by atoms with E-state index in [1.54, 1.807) is 14.2 Å². The summed E-state index contributed by atoms with van der Waals surface area (Å²) in [5.41, 5.74) is 2.71. The fourth-order valence-electron chi connectivity index (χ4n) is 6.17. The smallest absolute Gasteiger partial charge is 0.307 e. The maximum absolute atomic E-state index is 12.7. The van der Waals surface area contributed by atoms with Gasteiger partial charge in [0, 0.05) is 51.9 Å². The number of carbonyl (C=O) groups is 1. The van der Waals surface area contributed by atoms with E-state index in [0.29, 0.717) is 36.8 Å². The van der Waals surface area contributed by atoms with Crippen LogP contribution in [-0.4, -0.2) is 94.4 Å². The molecule has 0 N–H and O–H groups in total. The topological polar surface area (TPSA) is 54.5 Å². The van der Waals surface area contributed by atoms with Gasteiger partial charge in [-0.2, -0.15) is 0 Å². The molecule has 3 atom stereocenters. The lowest BCUT2D eigenvalue weighted by atomic mass is 9.74. The van der Waals surface area contributed by atoms with E-state index in [9.17, 15) is 4.79 Å². The quantitative estimate of drug-likeness (QED) is 0.495. The minimum Gasteiger partial charge on any atom is -0.493 e. The van der Waals surface area contributed by atoms with E-state index >= 15 is 0 Å². The van der Waals surface area contributed by atoms with Crippen molar-refractivity contribution in [2.24, 2.45) is 17.8 Å². The van der Waals surface area contributed by atoms with E-state index in [2.05, 4.69) is 47.7 Å². The van der Waals surface area contributed by atoms with Gasteiger partial charge in [0.05, 0.1) is 27.2 Å². The number of nitrogens with zero attached hydrogens (tertiary/aromatic N) is 3. The minimum atomic E-state index is -0.0508. The first-order chi connectivity index (χ1) is 16.9. The van der Waals surface area contributed by atoms with E-state index in [0.717, 1.165) is 70.2 Å². The van der Waals surface area contributed by atoms with E-state index in [1.807, 2.05) is 0 Å². The predicted molar refractivity (Wildman–Crippen MR) is 138 cm³/mol. The Morgan fingerprint density at radius 2 is 1.74 bits per heavy atom. The van der Waals surface area contributed by atoms with Gasteiger partial charge in [0.2, 0.25) is 0 Å². The lowest BCUT2D eigenvalue weighted by molar-refractivity contribution is -0.147. The standard InChI is InChI=1S/C28H45N3O4/c1-20(2)14-22-18-31-9-6-21-16-26(33-4)27(34-5)17-24(21)25(31)15-23(22)19-35-28(32)7-8-30-12-10-29(3)11-13-30/h16-17,20,22-23,25H,6-15,18-19H2,1-5H3. The Hall–Kier alpha value is -1.83. The number of fused-ring (bicyclic) bond motifs is 3. The second kappa shape index (κ2) is 11.9. The molecule has 0 saturated carbocycles. The first-order valence-electron chi connectivity index (χ1n) is 13.4. The number of rotatable bonds is 9. The third-order valence-corrected chi connectivity index (χ3v) is 8.24. The second-order valence-electron chi connectivity index (χ2n) is 11.1. The Morgan fingerprint density at radius 3 is 2.43 bits per heavy atom. The Morgan fingerprint density at radius 1 is 1.03 bits per heavy atom. The zero-order valence-electron chi connectivity index (χ0n) is 22.4. The molecule has 2 fully saturated rings. The Bertz CT molecular complexity index is 853. The Balaban J connectivity index is 1.40. The SMILES string of the molecule is COc1cc2c(cc1OC)C1CC(COC(=O)CCN3CCN(C)CC3)C(CC(C)C)CN1CC2. The number of hydrogen-bond donors (Lipinski definition) is 0. The monoisotopic (exact) mass is 487 g/mol. The number of benzene rings is 1. The predicted octanol–water partition coefficient (Wildman–Crippen LogP) is 3.47. The summed E-state index contributed by atoms with van der Waals surface area (Å²) in [5.74, 6) is 3.12. The molecular formula is C28H45N3O4. The highest BCUT2D eigenvalue weighted by Crippen LogP contribution is 2.45. The van der Waals surface area contributed by atoms with Gasteiger partial charge in [0.1, 0.15) is 0 Å². The average molecular weight is 488 g/mol. The molecule has 0 aromatic heterocycles. The van der Waals surface area contributed by atoms with Crippen LogP contribution in [0.3, 0.4) is 0 Å². The van der Waals surface area contributed by atoms with Crippen LogP contribution in [0.25, 0.3) is 0 Å². The summed E-state index contributed by atoms with van der Waals surface area (Å²) in [6.45, 7) is 12.3. The average Bonchev–Trinajstić information content (AvgIpc) is 2.85. The van der Waals surface area contributed by atoms with Gasteiger partial charge in [-0.1, -0.05) is 13.8 Å². The first kappa shape index (κ1) is 26.2. The van der Waals surface area contributed by atoms with Crippen molar-refractivity contribution >= 4 is 5.97 Å². The number of carbonyl (C=O) groups excluding carboxylic acids is 1. The summed E-state index contributed by atoms with van der Waals surface area (Å²) in [6, 6.07) is 4.67. The molecule has 3 unspecified atom stereocenters. The van der Waals surface area contributed by atoms with Gasteiger partial charge in [-0.05, 0) is 67.3 Å². The molecule has 0 radical (unpaired) electrons. The normalized spacial score (nSPS) is 25.7. The van der Waals surface area contributed by atoms with E-state index in [1.165, 1.54) is 17.5 Å². The molecule has 7 nitrogen and oxygen atoms in total. The number of esters is 1. The highest BCUT2D eigenvalue weighted by atomic mass is 16.5. The summed E-state index contributed by atoms with van der Waals surface area (Å²) in [5, 5.41) is 0. The molecule has 35 heavy (non-hydrogen) atoms. The number of ether oxygens (including phenoxy) is 3. The maximum atomic E-state index is 12.7. The third kappa shape index (κ3) is 6.49. The summed E-state index contributed by atoms with van der Waals surface area (Å²) in [7, 11) is 5.56. The van der Waals surface area contributed by atoms with Crippen molar-refractivity contribution in [1.29, 1.82) is 0 Å². The van der Waals surface area contributed by atoms with Gasteiger partial charge in [0.15, 0.2) is 11.5 Å². The third-order valence-electron chi connectivity index (χ3n) is 8.24. The van der Waals surface area contributed by atoms with Gasteiger partial charge in [0.25, 0.3) is 0 Å². The molecule has 3 aliphatic rings. The number of hydrogen-bond acceptors (Lipinski definition) is 7. The summed E-state index contributed by atoms with van der Waals surface area (Å²) in [4.78, 5) is 20.0. The first-order valence-corrected chi connectivity index (χ1v) is 13.4. The lowest BCUT2D eigenvalue weighted by Gasteiger charge is -2.47. The van der Waals surface area contributed by atoms with Crippen molar-refractivity contribution in [3.8, 4) is 11.5 Å². The summed E-state index contributed by atoms with van der Waals surface area (Å²) in [6.07, 6.45) is 3.71. The number of piperidine rings is 1. The molecule has 3 aliphatic heterocycles. The molecule has 1 aromatic rings. The van der Waals surface area contributed by atoms with Crippen molar-refractivity contribution in [1.82, 2.24) is 14.7 Å². The molecule has 7 heteroatoms. The van der Waals surface area contributed by atoms with Gasteiger partial charge >= 0.3 is 5.97 Å². The molecule has 0 spiro atoms. The van der Waals surface area contributed by atoms with Crippen LogP contribution in [0.5, 0.6) is 11.5 Å². The van der Waals surface area contributed by atoms with E-state index < -0.39 is 0 Å². The fraction of sp³-hybridized carbons (Fsp3) is 0.750. The van der Waals surface area contributed by atoms with Crippen molar-refractivity contribution in [2.75, 3.05) is 73.7 Å². The van der Waals surface area contributed by atoms with Crippen LogP contribution in [0, 0.1) is 17.8 Å². The fourth-order valence-corrected chi connectivity index (χ4v) is 6.17. The van der Waals surface area contributed by atoms with Gasteiger partial charge in [-0.25, -0.2) is 0 Å². The molecule has 196 valence electrons. The molecule has 0 aliphatic carbocycles. The summed E-state index contributed by atoms with van der Waals surface area (Å²) >= 11 is 0. The molecule has 0 bridgehead atoms. The van der Waals surface area contributed by atoms with Crippen LogP contribution in [0.15, 0.2) is 12.1 Å². The van der Waals surface area contributed by atoms with Crippen molar-refractivity contribution in [3.63, 3.8) is 0 Å². The number of likely N-dealkylation sites (N-methyl/N-ethyl adjacent to an activating group) is 1. The van der Waals surface area contributed by atoms with Crippen LogP contribution >= 0.6 is 0 Å². The lowest BCUT2D eigenvalue weighted by Crippen LogP contribution is -2.47. The van der Waals surface area contributed by atoms with Crippen LogP contribution in [0.1, 0.15) is 50.3 Å². The van der Waals surface area contributed by atoms with Crippen molar-refractivity contribution in [2.45, 2.75) is 45.6 Å². The minimum absolute atomic E-state index is 0.0508. The van der Waals surface area contributed by atoms with Gasteiger partial charge in [-0.3, -0.25) is 9.69 Å². The summed E-state index contributed by atoms with van der Waals surface area (Å²) < 4.78 is 17.1. The molecule has 4 rings (SSSR count). The molecule has 1 aromatic carbocycles. The van der Waals surface area contributed by atoms with Crippen molar-refractivity contribution in [3.05, 3.63) is 23.3 Å². The van der Waals surface area contributed by atoms with Gasteiger partial charge in [-0.15, -0.1) is 0 Å². The van der Waals surface area contributed by atoms with Crippen LogP contribution in [0.2, 0.25) is 0 Å². The van der Waals surface area contributed by atoms with E-state index in [4.69, 9.17) is 14.2 Å². The van der Waals surface area contributed by atoms with Gasteiger partial charge < -0.3 is 24.0 Å². The molecule has 0 amide bonds. The zero-order chi connectivity index (χ0) is 24.9. The van der Waals surface area contributed by atoms with Crippen LogP contribution in [0.4, 0.5) is 0 Å². The Labute approximate surface area is 211 Å². The molecule has 3 heterocycles.